The van der Waals surface area contributed by atoms with Crippen LogP contribution in [0.3, 0.4) is 0 Å². The van der Waals surface area contributed by atoms with Crippen molar-refractivity contribution in [3.63, 3.8) is 0 Å². The second-order valence-corrected chi connectivity index (χ2v) is 3.59. The first-order valence-corrected chi connectivity index (χ1v) is 4.88. The van der Waals surface area contributed by atoms with Crippen LogP contribution in [-0.2, 0) is 17.9 Å². The van der Waals surface area contributed by atoms with Gasteiger partial charge in [0.1, 0.15) is 12.4 Å². The number of hydrogen-bond donors (Lipinski definition) is 1. The molecule has 0 aromatic heterocycles. The van der Waals surface area contributed by atoms with Crippen LogP contribution in [0.5, 0.6) is 0 Å². The molecule has 0 amide bonds. The van der Waals surface area contributed by atoms with Gasteiger partial charge in [-0.05, 0) is 25.0 Å². The summed E-state index contributed by atoms with van der Waals surface area (Å²) in [6, 6.07) is 8.37. The average Bonchev–Trinajstić information content (AvgIpc) is 2.21. The third-order valence-corrected chi connectivity index (χ3v) is 2.63. The molecule has 0 saturated heterocycles. The molecule has 0 spiro atoms. The fourth-order valence-corrected chi connectivity index (χ4v) is 1.52. The van der Waals surface area contributed by atoms with E-state index < -0.39 is 0 Å². The third kappa shape index (κ3) is 1.74. The number of fused-ring (bicyclic) bond motifs is 1. The largest absolute Gasteiger partial charge is 0.492 e. The Morgan fingerprint density at radius 3 is 2.64 bits per heavy atom. The van der Waals surface area contributed by atoms with Crippen LogP contribution in [0.4, 0.5) is 0 Å². The molecule has 14 heavy (non-hydrogen) atoms. The Kier molecular flexibility index (Phi) is 2.44. The monoisotopic (exact) mass is 189 g/mol. The molecule has 2 heteroatoms. The highest BCUT2D eigenvalue weighted by Gasteiger charge is 2.07. The summed E-state index contributed by atoms with van der Waals surface area (Å²) in [6.07, 6.45) is 0. The first kappa shape index (κ1) is 9.13. The second kappa shape index (κ2) is 3.74. The number of benzene rings is 1. The summed E-state index contributed by atoms with van der Waals surface area (Å²) in [4.78, 5) is 0. The molecule has 0 aliphatic carbocycles. The van der Waals surface area contributed by atoms with Crippen LogP contribution in [0.1, 0.15) is 25.0 Å². The zero-order chi connectivity index (χ0) is 9.97. The van der Waals surface area contributed by atoms with Gasteiger partial charge < -0.3 is 10.1 Å². The van der Waals surface area contributed by atoms with Crippen molar-refractivity contribution in [3.8, 4) is 0 Å². The Morgan fingerprint density at radius 1 is 1.14 bits per heavy atom. The predicted molar refractivity (Wildman–Crippen MR) is 56.4 cm³/mol. The molecule has 0 saturated carbocycles. The highest BCUT2D eigenvalue weighted by molar-refractivity contribution is 5.28. The summed E-state index contributed by atoms with van der Waals surface area (Å²) in [5.41, 5.74) is 3.71. The molecule has 1 aromatic carbocycles. The normalized spacial score (nSPS) is 21.3. The first-order valence-electron chi connectivity index (χ1n) is 4.88. The minimum Gasteiger partial charge on any atom is -0.492 e. The van der Waals surface area contributed by atoms with Gasteiger partial charge in [0.15, 0.2) is 0 Å². The van der Waals surface area contributed by atoms with Gasteiger partial charge in [-0.2, -0.15) is 0 Å². The molecule has 2 rings (SSSR count). The van der Waals surface area contributed by atoms with E-state index >= 15 is 0 Å². The van der Waals surface area contributed by atoms with Crippen molar-refractivity contribution in [2.24, 2.45) is 0 Å². The lowest BCUT2D eigenvalue weighted by molar-refractivity contribution is 0.191. The van der Waals surface area contributed by atoms with Gasteiger partial charge in [0, 0.05) is 12.2 Å². The van der Waals surface area contributed by atoms with Gasteiger partial charge in [0.05, 0.1) is 0 Å². The lowest BCUT2D eigenvalue weighted by Crippen LogP contribution is -2.17. The molecule has 1 aliphatic rings. The number of hydrogen-bond acceptors (Lipinski definition) is 2. The van der Waals surface area contributed by atoms with Crippen LogP contribution in [0.15, 0.2) is 35.7 Å². The number of ether oxygens (including phenoxy) is 1. The Morgan fingerprint density at radius 2 is 1.86 bits per heavy atom. The van der Waals surface area contributed by atoms with Crippen molar-refractivity contribution < 1.29 is 4.74 Å². The summed E-state index contributed by atoms with van der Waals surface area (Å²) in [5, 5.41) is 3.35. The average molecular weight is 189 g/mol. The maximum Gasteiger partial charge on any atom is 0.113 e. The molecule has 0 atom stereocenters. The highest BCUT2D eigenvalue weighted by atomic mass is 16.5. The Bertz CT molecular complexity index is 333. The molecule has 1 aromatic rings. The van der Waals surface area contributed by atoms with Gasteiger partial charge in [0.2, 0.25) is 0 Å². The smallest absolute Gasteiger partial charge is 0.113 e. The molecule has 1 aliphatic heterocycles. The molecule has 74 valence electrons. The van der Waals surface area contributed by atoms with E-state index in [1.54, 1.807) is 0 Å². The summed E-state index contributed by atoms with van der Waals surface area (Å²) < 4.78 is 5.64. The Hall–Kier alpha value is -1.44. The fraction of sp³-hybridized carbons (Fsp3) is 0.333. The fourth-order valence-electron chi connectivity index (χ4n) is 1.52. The van der Waals surface area contributed by atoms with Gasteiger partial charge in [-0.3, -0.25) is 0 Å². The van der Waals surface area contributed by atoms with Crippen molar-refractivity contribution in [2.75, 3.05) is 0 Å². The molecule has 1 N–H and O–H groups in total. The van der Waals surface area contributed by atoms with Crippen LogP contribution in [0.2, 0.25) is 0 Å². The van der Waals surface area contributed by atoms with Crippen LogP contribution in [0, 0.1) is 0 Å². The van der Waals surface area contributed by atoms with E-state index in [4.69, 9.17) is 4.74 Å². The van der Waals surface area contributed by atoms with Crippen molar-refractivity contribution >= 4 is 0 Å². The lowest BCUT2D eigenvalue weighted by atomic mass is 10.1. The third-order valence-electron chi connectivity index (χ3n) is 2.63. The topological polar surface area (TPSA) is 21.3 Å². The van der Waals surface area contributed by atoms with Crippen LogP contribution >= 0.6 is 0 Å². The number of allylic oxidation sites excluding steroid dienone is 2. The zero-order valence-corrected chi connectivity index (χ0v) is 8.63. The highest BCUT2D eigenvalue weighted by Crippen LogP contribution is 2.16. The van der Waals surface area contributed by atoms with Crippen molar-refractivity contribution in [1.29, 1.82) is 0 Å². The predicted octanol–water partition coefficient (Wildman–Crippen LogP) is 2.56. The molecule has 2 nitrogen and oxygen atoms in total. The minimum absolute atomic E-state index is 0.682. The van der Waals surface area contributed by atoms with Gasteiger partial charge in [-0.15, -0.1) is 0 Å². The van der Waals surface area contributed by atoms with Crippen molar-refractivity contribution in [2.45, 2.75) is 27.0 Å². The molecule has 0 unspecified atom stereocenters. The molecule has 0 fully saturated rings. The van der Waals surface area contributed by atoms with E-state index in [2.05, 4.69) is 29.6 Å². The van der Waals surface area contributed by atoms with E-state index in [1.807, 2.05) is 13.8 Å². The SMILES string of the molecule is C/C1=C(\C)OCc2ccccc2CN1. The van der Waals surface area contributed by atoms with Crippen molar-refractivity contribution in [3.05, 3.63) is 46.8 Å². The zero-order valence-electron chi connectivity index (χ0n) is 8.63. The quantitative estimate of drug-likeness (QED) is 0.677. The Balaban J connectivity index is 2.28. The lowest BCUT2D eigenvalue weighted by Gasteiger charge is -2.18. The maximum absolute atomic E-state index is 5.64. The summed E-state index contributed by atoms with van der Waals surface area (Å²) in [5.74, 6) is 0.986. The van der Waals surface area contributed by atoms with E-state index in [9.17, 15) is 0 Å². The van der Waals surface area contributed by atoms with E-state index in [0.29, 0.717) is 6.61 Å². The molecule has 0 radical (unpaired) electrons. The second-order valence-electron chi connectivity index (χ2n) is 3.59. The summed E-state index contributed by atoms with van der Waals surface area (Å²) in [7, 11) is 0. The maximum atomic E-state index is 5.64. The molecular weight excluding hydrogens is 174 g/mol. The first-order chi connectivity index (χ1) is 6.77. The standard InChI is InChI=1S/C12H15NO/c1-9-10(2)14-8-12-6-4-3-5-11(12)7-13-9/h3-6,13H,7-8H2,1-2H3/b10-9-. The minimum atomic E-state index is 0.682. The van der Waals surface area contributed by atoms with E-state index in [1.165, 1.54) is 11.1 Å². The van der Waals surface area contributed by atoms with Crippen LogP contribution in [-0.4, -0.2) is 0 Å². The van der Waals surface area contributed by atoms with Crippen LogP contribution in [0.25, 0.3) is 0 Å². The van der Waals surface area contributed by atoms with E-state index in [-0.39, 0.29) is 0 Å². The van der Waals surface area contributed by atoms with Gasteiger partial charge in [-0.25, -0.2) is 0 Å². The Labute approximate surface area is 84.6 Å². The molecule has 0 bridgehead atoms. The molecular formula is C12H15NO. The van der Waals surface area contributed by atoms with Crippen LogP contribution < -0.4 is 5.32 Å². The number of nitrogens with one attached hydrogen (secondary N) is 1. The van der Waals surface area contributed by atoms with E-state index in [0.717, 1.165) is 18.0 Å². The van der Waals surface area contributed by atoms with Gasteiger partial charge in [-0.1, -0.05) is 24.3 Å². The summed E-state index contributed by atoms with van der Waals surface area (Å²) >= 11 is 0. The van der Waals surface area contributed by atoms with Gasteiger partial charge in [0.25, 0.3) is 0 Å². The van der Waals surface area contributed by atoms with Crippen molar-refractivity contribution in [1.82, 2.24) is 5.32 Å². The molecule has 1 heterocycles. The van der Waals surface area contributed by atoms with Gasteiger partial charge >= 0.3 is 0 Å². The number of rotatable bonds is 0. The summed E-state index contributed by atoms with van der Waals surface area (Å²) in [6.45, 7) is 5.61.